The van der Waals surface area contributed by atoms with E-state index in [0.717, 1.165) is 17.5 Å². The molecule has 2 rings (SSSR count). The normalized spacial score (nSPS) is 9.89. The fourth-order valence-corrected chi connectivity index (χ4v) is 1.93. The number of nitriles is 1. The molecule has 0 atom stereocenters. The van der Waals surface area contributed by atoms with Crippen LogP contribution < -0.4 is 0 Å². The molecule has 2 aromatic rings. The molecule has 94 valence electrons. The lowest BCUT2D eigenvalue weighted by molar-refractivity contribution is 0.105. The van der Waals surface area contributed by atoms with Crippen LogP contribution in [0, 0.1) is 11.3 Å². The van der Waals surface area contributed by atoms with E-state index in [1.807, 2.05) is 24.3 Å². The van der Waals surface area contributed by atoms with Gasteiger partial charge in [0.05, 0.1) is 5.56 Å². The summed E-state index contributed by atoms with van der Waals surface area (Å²) in [6.07, 6.45) is 0.935. The molecule has 0 aliphatic rings. The molecule has 1 N–H and O–H groups in total. The minimum Gasteiger partial charge on any atom is -0.507 e. The van der Waals surface area contributed by atoms with Crippen molar-refractivity contribution in [1.82, 2.24) is 0 Å². The van der Waals surface area contributed by atoms with Gasteiger partial charge in [-0.15, -0.1) is 0 Å². The van der Waals surface area contributed by atoms with Gasteiger partial charge in [-0.2, -0.15) is 5.26 Å². The fourth-order valence-electron chi connectivity index (χ4n) is 1.93. The third-order valence-electron chi connectivity index (χ3n) is 3.01. The van der Waals surface area contributed by atoms with Crippen molar-refractivity contribution in [2.45, 2.75) is 13.3 Å². The van der Waals surface area contributed by atoms with Crippen molar-refractivity contribution in [2.75, 3.05) is 0 Å². The number of carbonyl (C=O) groups is 1. The van der Waals surface area contributed by atoms with Crippen molar-refractivity contribution in [3.8, 4) is 22.9 Å². The van der Waals surface area contributed by atoms with Crippen LogP contribution in [0.25, 0.3) is 11.1 Å². The van der Waals surface area contributed by atoms with Gasteiger partial charge in [0.15, 0.2) is 0 Å². The fraction of sp³-hybridized carbons (Fsp3) is 0.125. The number of nitrogens with zero attached hydrogens (tertiary/aromatic N) is 1. The zero-order valence-electron chi connectivity index (χ0n) is 10.6. The number of Topliss-reactive ketones (excluding diaryl/α,β-unsaturated/α-hetero) is 1. The number of phenols is 1. The first-order chi connectivity index (χ1) is 9.15. The molecule has 0 aliphatic heterocycles. The van der Waals surface area contributed by atoms with Gasteiger partial charge >= 0.3 is 0 Å². The summed E-state index contributed by atoms with van der Waals surface area (Å²) in [6, 6.07) is 14.2. The molecule has 2 aromatic carbocycles. The van der Waals surface area contributed by atoms with Gasteiger partial charge in [0, 0.05) is 0 Å². The van der Waals surface area contributed by atoms with Gasteiger partial charge in [0.2, 0.25) is 0 Å². The highest BCUT2D eigenvalue weighted by Gasteiger charge is 2.11. The van der Waals surface area contributed by atoms with Crippen LogP contribution in [-0.4, -0.2) is 10.9 Å². The van der Waals surface area contributed by atoms with E-state index in [9.17, 15) is 9.90 Å². The summed E-state index contributed by atoms with van der Waals surface area (Å²) in [6.45, 7) is 2.07. The monoisotopic (exact) mass is 251 g/mol. The predicted octanol–water partition coefficient (Wildman–Crippen LogP) is 3.33. The van der Waals surface area contributed by atoms with Crippen molar-refractivity contribution in [1.29, 1.82) is 5.26 Å². The number of aryl methyl sites for hydroxylation is 1. The van der Waals surface area contributed by atoms with E-state index in [1.54, 1.807) is 6.07 Å². The summed E-state index contributed by atoms with van der Waals surface area (Å²) >= 11 is 0. The number of benzene rings is 2. The maximum Gasteiger partial charge on any atom is 0.265 e. The second kappa shape index (κ2) is 5.36. The Hall–Kier alpha value is -2.60. The lowest BCUT2D eigenvalue weighted by atomic mass is 9.99. The van der Waals surface area contributed by atoms with E-state index in [0.29, 0.717) is 0 Å². The zero-order valence-corrected chi connectivity index (χ0v) is 10.6. The molecule has 0 saturated heterocycles. The number of ketones is 1. The van der Waals surface area contributed by atoms with E-state index in [-0.39, 0.29) is 11.3 Å². The van der Waals surface area contributed by atoms with E-state index in [4.69, 9.17) is 5.26 Å². The average molecular weight is 251 g/mol. The molecular formula is C16H13NO2. The molecule has 3 nitrogen and oxygen atoms in total. The molecule has 0 aromatic heterocycles. The van der Waals surface area contributed by atoms with Crippen molar-refractivity contribution in [3.05, 3.63) is 53.6 Å². The Kier molecular flexibility index (Phi) is 3.63. The topological polar surface area (TPSA) is 61.1 Å². The number of carbonyl (C=O) groups excluding carboxylic acids is 1. The Balaban J connectivity index is 2.44. The number of aromatic hydroxyl groups is 1. The summed E-state index contributed by atoms with van der Waals surface area (Å²) in [5.41, 5.74) is 3.04. The molecule has 0 fully saturated rings. The summed E-state index contributed by atoms with van der Waals surface area (Å²) in [5.74, 6) is -0.891. The Morgan fingerprint density at radius 2 is 1.95 bits per heavy atom. The Morgan fingerprint density at radius 3 is 2.58 bits per heavy atom. The van der Waals surface area contributed by atoms with Crippen molar-refractivity contribution in [3.63, 3.8) is 0 Å². The SMILES string of the molecule is CCc1cccc(-c2ccc(C(=O)C#N)c(O)c2)c1. The number of hydrogen-bond acceptors (Lipinski definition) is 3. The van der Waals surface area contributed by atoms with E-state index in [1.165, 1.54) is 23.8 Å². The molecule has 19 heavy (non-hydrogen) atoms. The summed E-state index contributed by atoms with van der Waals surface area (Å²) in [5, 5.41) is 18.4. The first-order valence-electron chi connectivity index (χ1n) is 6.02. The molecule has 0 aliphatic carbocycles. The van der Waals surface area contributed by atoms with Crippen LogP contribution in [0.1, 0.15) is 22.8 Å². The number of rotatable bonds is 3. The lowest BCUT2D eigenvalue weighted by Crippen LogP contribution is -1.95. The Bertz CT molecular complexity index is 669. The van der Waals surface area contributed by atoms with Crippen molar-refractivity contribution < 1.29 is 9.90 Å². The Morgan fingerprint density at radius 1 is 1.21 bits per heavy atom. The van der Waals surface area contributed by atoms with Crippen LogP contribution in [0.5, 0.6) is 5.75 Å². The molecular weight excluding hydrogens is 238 g/mol. The maximum atomic E-state index is 11.3. The molecule has 0 spiro atoms. The van der Waals surface area contributed by atoms with Crippen LogP contribution in [0.4, 0.5) is 0 Å². The first-order valence-corrected chi connectivity index (χ1v) is 6.02. The zero-order chi connectivity index (χ0) is 13.8. The summed E-state index contributed by atoms with van der Waals surface area (Å²) in [7, 11) is 0. The molecule has 0 unspecified atom stereocenters. The summed E-state index contributed by atoms with van der Waals surface area (Å²) in [4.78, 5) is 11.3. The highest BCUT2D eigenvalue weighted by molar-refractivity contribution is 6.09. The smallest absolute Gasteiger partial charge is 0.265 e. The molecule has 0 radical (unpaired) electrons. The quantitative estimate of drug-likeness (QED) is 0.672. The van der Waals surface area contributed by atoms with E-state index >= 15 is 0 Å². The maximum absolute atomic E-state index is 11.3. The second-order valence-corrected chi connectivity index (χ2v) is 4.23. The van der Waals surface area contributed by atoms with Crippen LogP contribution in [0.3, 0.4) is 0 Å². The molecule has 0 heterocycles. The minimum atomic E-state index is -0.730. The minimum absolute atomic E-state index is 0.0397. The Labute approximate surface area is 111 Å². The predicted molar refractivity (Wildman–Crippen MR) is 72.9 cm³/mol. The standard InChI is InChI=1S/C16H13NO2/c1-2-11-4-3-5-12(8-11)13-6-7-14(15(18)9-13)16(19)10-17/h3-9,18H,2H2,1H3. The third-order valence-corrected chi connectivity index (χ3v) is 3.01. The largest absolute Gasteiger partial charge is 0.507 e. The molecule has 0 saturated carbocycles. The first kappa shape index (κ1) is 12.8. The van der Waals surface area contributed by atoms with Crippen LogP contribution >= 0.6 is 0 Å². The molecule has 0 amide bonds. The van der Waals surface area contributed by atoms with Crippen LogP contribution in [-0.2, 0) is 6.42 Å². The van der Waals surface area contributed by atoms with Gasteiger partial charge in [-0.3, -0.25) is 4.79 Å². The van der Waals surface area contributed by atoms with Crippen molar-refractivity contribution in [2.24, 2.45) is 0 Å². The van der Waals surface area contributed by atoms with E-state index < -0.39 is 5.78 Å². The second-order valence-electron chi connectivity index (χ2n) is 4.23. The lowest BCUT2D eigenvalue weighted by Gasteiger charge is -2.06. The van der Waals surface area contributed by atoms with Crippen LogP contribution in [0.2, 0.25) is 0 Å². The van der Waals surface area contributed by atoms with Gasteiger partial charge in [0.1, 0.15) is 11.8 Å². The van der Waals surface area contributed by atoms with Gasteiger partial charge in [0.25, 0.3) is 5.78 Å². The average Bonchev–Trinajstić information content (AvgIpc) is 2.46. The number of hydrogen-bond donors (Lipinski definition) is 1. The van der Waals surface area contributed by atoms with Crippen molar-refractivity contribution >= 4 is 5.78 Å². The summed E-state index contributed by atoms with van der Waals surface area (Å²) < 4.78 is 0. The van der Waals surface area contributed by atoms with Gasteiger partial charge < -0.3 is 5.11 Å². The van der Waals surface area contributed by atoms with Crippen LogP contribution in [0.15, 0.2) is 42.5 Å². The van der Waals surface area contributed by atoms with Gasteiger partial charge in [-0.1, -0.05) is 37.3 Å². The molecule has 3 heteroatoms. The van der Waals surface area contributed by atoms with E-state index in [2.05, 4.69) is 6.92 Å². The number of phenolic OH excluding ortho intramolecular Hbond substituents is 1. The van der Waals surface area contributed by atoms with Gasteiger partial charge in [-0.05, 0) is 35.2 Å². The highest BCUT2D eigenvalue weighted by atomic mass is 16.3. The molecule has 0 bridgehead atoms. The van der Waals surface area contributed by atoms with Gasteiger partial charge in [-0.25, -0.2) is 0 Å². The third kappa shape index (κ3) is 2.63. The highest BCUT2D eigenvalue weighted by Crippen LogP contribution is 2.27.